The van der Waals surface area contributed by atoms with Crippen LogP contribution in [0.25, 0.3) is 0 Å². The van der Waals surface area contributed by atoms with Crippen molar-refractivity contribution in [1.82, 2.24) is 9.88 Å². The second-order valence-electron chi connectivity index (χ2n) is 7.10. The van der Waals surface area contributed by atoms with Gasteiger partial charge in [0.2, 0.25) is 0 Å². The minimum absolute atomic E-state index is 0.0459. The van der Waals surface area contributed by atoms with Crippen molar-refractivity contribution in [2.75, 3.05) is 19.0 Å². The third-order valence-corrected chi connectivity index (χ3v) is 4.95. The molecule has 2 heterocycles. The van der Waals surface area contributed by atoms with Crippen LogP contribution in [-0.2, 0) is 11.2 Å². The van der Waals surface area contributed by atoms with Crippen LogP contribution in [0.3, 0.4) is 0 Å². The van der Waals surface area contributed by atoms with Gasteiger partial charge >= 0.3 is 6.09 Å². The molecule has 0 bridgehead atoms. The van der Waals surface area contributed by atoms with Crippen LogP contribution in [-0.4, -0.2) is 40.6 Å². The van der Waals surface area contributed by atoms with E-state index in [0.29, 0.717) is 23.9 Å². The molecule has 9 nitrogen and oxygen atoms in total. The Hall–Kier alpha value is -4.14. The molecule has 1 N–H and O–H groups in total. The molecule has 9 heteroatoms. The Labute approximate surface area is 178 Å². The van der Waals surface area contributed by atoms with Crippen LogP contribution in [0.5, 0.6) is 11.5 Å². The van der Waals surface area contributed by atoms with E-state index in [1.807, 2.05) is 48.5 Å². The number of pyridine rings is 1. The standard InChI is InChI=1S/C22H20N4O5/c1-25-18(14-30-22(25)27)12-15-2-7-19(8-3-15)31-20-9-4-16(5-10-20)24-21-11-6-17(13-23-21)26(28)29/h2-11,13,18H,12,14H2,1H3,(H,23,24). The molecular formula is C22H20N4O5. The van der Waals surface area contributed by atoms with Crippen LogP contribution in [0.2, 0.25) is 0 Å². The zero-order valence-electron chi connectivity index (χ0n) is 16.7. The summed E-state index contributed by atoms with van der Waals surface area (Å²) in [4.78, 5) is 27.3. The van der Waals surface area contributed by atoms with E-state index < -0.39 is 4.92 Å². The predicted molar refractivity (Wildman–Crippen MR) is 114 cm³/mol. The van der Waals surface area contributed by atoms with Crippen molar-refractivity contribution in [3.05, 3.63) is 82.5 Å². The topological polar surface area (TPSA) is 107 Å². The highest BCUT2D eigenvalue weighted by atomic mass is 16.6. The first-order valence-corrected chi connectivity index (χ1v) is 9.62. The molecule has 0 aliphatic carbocycles. The first-order chi connectivity index (χ1) is 15.0. The molecule has 158 valence electrons. The Kier molecular flexibility index (Phi) is 5.65. The highest BCUT2D eigenvalue weighted by Gasteiger charge is 2.29. The molecule has 1 saturated heterocycles. The number of nitrogens with zero attached hydrogens (tertiary/aromatic N) is 3. The number of rotatable bonds is 7. The minimum Gasteiger partial charge on any atom is -0.457 e. The number of amides is 1. The minimum atomic E-state index is -0.488. The first-order valence-electron chi connectivity index (χ1n) is 9.62. The Morgan fingerprint density at radius 1 is 1.13 bits per heavy atom. The molecule has 1 aromatic heterocycles. The molecule has 1 aliphatic rings. The average molecular weight is 420 g/mol. The normalized spacial score (nSPS) is 15.5. The van der Waals surface area contributed by atoms with Gasteiger partial charge in [0, 0.05) is 18.8 Å². The second-order valence-corrected chi connectivity index (χ2v) is 7.10. The fraction of sp³-hybridized carbons (Fsp3) is 0.182. The average Bonchev–Trinajstić information content (AvgIpc) is 3.09. The molecule has 1 aliphatic heterocycles. The Morgan fingerprint density at radius 2 is 1.81 bits per heavy atom. The molecular weight excluding hydrogens is 400 g/mol. The number of benzene rings is 2. The Morgan fingerprint density at radius 3 is 2.35 bits per heavy atom. The van der Waals surface area contributed by atoms with Crippen molar-refractivity contribution in [2.24, 2.45) is 0 Å². The van der Waals surface area contributed by atoms with Crippen LogP contribution in [0, 0.1) is 10.1 Å². The van der Waals surface area contributed by atoms with E-state index in [9.17, 15) is 14.9 Å². The lowest BCUT2D eigenvalue weighted by molar-refractivity contribution is -0.385. The fourth-order valence-electron chi connectivity index (χ4n) is 3.15. The monoisotopic (exact) mass is 420 g/mol. The number of cyclic esters (lactones) is 1. The van der Waals surface area contributed by atoms with Crippen molar-refractivity contribution in [3.63, 3.8) is 0 Å². The molecule has 0 spiro atoms. The molecule has 1 unspecified atom stereocenters. The van der Waals surface area contributed by atoms with Crippen molar-refractivity contribution in [3.8, 4) is 11.5 Å². The van der Waals surface area contributed by atoms with Gasteiger partial charge < -0.3 is 19.7 Å². The second kappa shape index (κ2) is 8.70. The Bertz CT molecular complexity index is 1070. The number of nitro groups is 1. The highest BCUT2D eigenvalue weighted by Crippen LogP contribution is 2.25. The van der Waals surface area contributed by atoms with Gasteiger partial charge in [-0.3, -0.25) is 10.1 Å². The van der Waals surface area contributed by atoms with Gasteiger partial charge in [-0.1, -0.05) is 12.1 Å². The maximum absolute atomic E-state index is 11.4. The van der Waals surface area contributed by atoms with Crippen molar-refractivity contribution in [1.29, 1.82) is 0 Å². The number of nitrogens with one attached hydrogen (secondary N) is 1. The first kappa shape index (κ1) is 20.1. The number of hydrogen-bond acceptors (Lipinski definition) is 7. The van der Waals surface area contributed by atoms with E-state index >= 15 is 0 Å². The number of hydrogen-bond donors (Lipinski definition) is 1. The molecule has 31 heavy (non-hydrogen) atoms. The molecule has 0 radical (unpaired) electrons. The van der Waals surface area contributed by atoms with Crippen LogP contribution in [0.4, 0.5) is 22.0 Å². The number of ether oxygens (including phenoxy) is 2. The van der Waals surface area contributed by atoms with Crippen LogP contribution in [0.1, 0.15) is 5.56 Å². The molecule has 2 aromatic carbocycles. The van der Waals surface area contributed by atoms with Crippen molar-refractivity contribution in [2.45, 2.75) is 12.5 Å². The third kappa shape index (κ3) is 4.89. The van der Waals surface area contributed by atoms with Crippen molar-refractivity contribution < 1.29 is 19.2 Å². The molecule has 1 atom stereocenters. The summed E-state index contributed by atoms with van der Waals surface area (Å²) in [5, 5.41) is 13.8. The largest absolute Gasteiger partial charge is 0.457 e. The third-order valence-electron chi connectivity index (χ3n) is 4.95. The zero-order chi connectivity index (χ0) is 21.8. The molecule has 0 saturated carbocycles. The summed E-state index contributed by atoms with van der Waals surface area (Å²) < 4.78 is 10.9. The molecule has 4 rings (SSSR count). The van der Waals surface area contributed by atoms with Crippen LogP contribution < -0.4 is 10.1 Å². The van der Waals surface area contributed by atoms with Gasteiger partial charge in [-0.2, -0.15) is 0 Å². The lowest BCUT2D eigenvalue weighted by Crippen LogP contribution is -2.30. The smallest absolute Gasteiger partial charge is 0.409 e. The van der Waals surface area contributed by atoms with Gasteiger partial charge in [0.1, 0.15) is 30.1 Å². The van der Waals surface area contributed by atoms with Gasteiger partial charge in [0.15, 0.2) is 0 Å². The van der Waals surface area contributed by atoms with Gasteiger partial charge in [-0.05, 0) is 54.4 Å². The summed E-state index contributed by atoms with van der Waals surface area (Å²) in [5.74, 6) is 1.88. The van der Waals surface area contributed by atoms with E-state index in [4.69, 9.17) is 9.47 Å². The van der Waals surface area contributed by atoms with Gasteiger partial charge in [0.05, 0.1) is 11.0 Å². The van der Waals surface area contributed by atoms with E-state index in [1.165, 1.54) is 12.3 Å². The van der Waals surface area contributed by atoms with Crippen LogP contribution in [0.15, 0.2) is 66.9 Å². The lowest BCUT2D eigenvalue weighted by Gasteiger charge is -2.16. The highest BCUT2D eigenvalue weighted by molar-refractivity contribution is 5.69. The van der Waals surface area contributed by atoms with Gasteiger partial charge in [0.25, 0.3) is 5.69 Å². The lowest BCUT2D eigenvalue weighted by atomic mass is 10.1. The SMILES string of the molecule is CN1C(=O)OCC1Cc1ccc(Oc2ccc(Nc3ccc([N+](=O)[O-])cn3)cc2)cc1. The summed E-state index contributed by atoms with van der Waals surface area (Å²) in [6, 6.07) is 18.0. The number of carbonyl (C=O) groups excluding carboxylic acids is 1. The van der Waals surface area contributed by atoms with Crippen molar-refractivity contribution >= 4 is 23.3 Å². The van der Waals surface area contributed by atoms with Gasteiger partial charge in [-0.15, -0.1) is 0 Å². The molecule has 1 fully saturated rings. The summed E-state index contributed by atoms with van der Waals surface area (Å²) in [6.07, 6.45) is 1.64. The van der Waals surface area contributed by atoms with E-state index in [1.54, 1.807) is 18.0 Å². The Balaban J connectivity index is 1.33. The summed E-state index contributed by atoms with van der Waals surface area (Å²) in [6.45, 7) is 0.406. The summed E-state index contributed by atoms with van der Waals surface area (Å²) in [5.41, 5.74) is 1.82. The van der Waals surface area contributed by atoms with E-state index in [-0.39, 0.29) is 17.8 Å². The quantitative estimate of drug-likeness (QED) is 0.442. The van der Waals surface area contributed by atoms with Crippen LogP contribution >= 0.6 is 0 Å². The van der Waals surface area contributed by atoms with Gasteiger partial charge in [-0.25, -0.2) is 9.78 Å². The zero-order valence-corrected chi connectivity index (χ0v) is 16.7. The molecule has 3 aromatic rings. The predicted octanol–water partition coefficient (Wildman–Crippen LogP) is 4.52. The van der Waals surface area contributed by atoms with E-state index in [0.717, 1.165) is 17.7 Å². The number of carbonyl (C=O) groups is 1. The van der Waals surface area contributed by atoms with E-state index in [2.05, 4.69) is 10.3 Å². The summed E-state index contributed by atoms with van der Waals surface area (Å²) in [7, 11) is 1.74. The number of likely N-dealkylation sites (N-methyl/N-ethyl adjacent to an activating group) is 1. The number of aromatic nitrogens is 1. The fourth-order valence-corrected chi connectivity index (χ4v) is 3.15. The number of anilines is 2. The maximum atomic E-state index is 11.4. The maximum Gasteiger partial charge on any atom is 0.409 e. The molecule has 1 amide bonds. The summed E-state index contributed by atoms with van der Waals surface area (Å²) >= 11 is 0.